The van der Waals surface area contributed by atoms with Crippen LogP contribution in [0.1, 0.15) is 40.5 Å². The first kappa shape index (κ1) is 13.6. The third kappa shape index (κ3) is 2.19. The van der Waals surface area contributed by atoms with Crippen molar-refractivity contribution in [2.75, 3.05) is 0 Å². The molecule has 0 aromatic carbocycles. The summed E-state index contributed by atoms with van der Waals surface area (Å²) in [6, 6.07) is 0. The molecule has 2 aliphatic heterocycles. The number of aliphatic imine (C=N–C) groups is 1. The Morgan fingerprint density at radius 2 is 2.17 bits per heavy atom. The second-order valence-corrected chi connectivity index (χ2v) is 5.40. The highest BCUT2D eigenvalue weighted by molar-refractivity contribution is 6.32. The molecule has 1 atom stereocenters. The smallest absolute Gasteiger partial charge is 0.148 e. The van der Waals surface area contributed by atoms with Crippen molar-refractivity contribution in [1.29, 1.82) is 0 Å². The summed E-state index contributed by atoms with van der Waals surface area (Å²) in [5, 5.41) is 2.10. The Morgan fingerprint density at radius 1 is 1.50 bits per heavy atom. The molecule has 0 saturated heterocycles. The van der Waals surface area contributed by atoms with Crippen molar-refractivity contribution in [3.05, 3.63) is 22.4 Å². The van der Waals surface area contributed by atoms with Gasteiger partial charge in [-0.25, -0.2) is 19.8 Å². The van der Waals surface area contributed by atoms with Crippen molar-refractivity contribution < 1.29 is 4.39 Å². The standard InChI is InChI=1S/C13H19ClFN3/c1-5-8-7-9(13(3,4)15)11(14)18-12(8)16-10(6-2)17-18/h7,10,17H,5-6H2,1-4H3. The Kier molecular flexibility index (Phi) is 3.52. The lowest BCUT2D eigenvalue weighted by Gasteiger charge is -2.30. The topological polar surface area (TPSA) is 27.6 Å². The van der Waals surface area contributed by atoms with Crippen LogP contribution in [-0.4, -0.2) is 22.7 Å². The fourth-order valence-electron chi connectivity index (χ4n) is 2.10. The number of hydrogen-bond acceptors (Lipinski definition) is 3. The van der Waals surface area contributed by atoms with Crippen LogP contribution in [0.2, 0.25) is 0 Å². The van der Waals surface area contributed by atoms with Crippen LogP contribution < -0.4 is 5.43 Å². The maximum absolute atomic E-state index is 14.2. The van der Waals surface area contributed by atoms with Crippen LogP contribution in [0, 0.1) is 0 Å². The van der Waals surface area contributed by atoms with Crippen LogP contribution in [0.4, 0.5) is 4.39 Å². The number of amidine groups is 1. The molecule has 0 aromatic heterocycles. The molecular weight excluding hydrogens is 253 g/mol. The van der Waals surface area contributed by atoms with E-state index < -0.39 is 5.67 Å². The summed E-state index contributed by atoms with van der Waals surface area (Å²) in [6.45, 7) is 7.12. The fourth-order valence-corrected chi connectivity index (χ4v) is 2.51. The van der Waals surface area contributed by atoms with Gasteiger partial charge in [-0.2, -0.15) is 0 Å². The van der Waals surface area contributed by atoms with Gasteiger partial charge >= 0.3 is 0 Å². The summed E-state index contributed by atoms with van der Waals surface area (Å²) in [5.41, 5.74) is 3.25. The van der Waals surface area contributed by atoms with Crippen LogP contribution in [0.15, 0.2) is 27.4 Å². The SMILES string of the molecule is CCC1=CC(C(C)(C)F)=C(Cl)N2NC(CC)N=C12. The summed E-state index contributed by atoms with van der Waals surface area (Å²) in [7, 11) is 0. The summed E-state index contributed by atoms with van der Waals surface area (Å²) < 4.78 is 14.2. The zero-order valence-electron chi connectivity index (χ0n) is 11.2. The van der Waals surface area contributed by atoms with Crippen LogP contribution in [0.25, 0.3) is 0 Å². The summed E-state index contributed by atoms with van der Waals surface area (Å²) >= 11 is 6.29. The highest BCUT2D eigenvalue weighted by Crippen LogP contribution is 2.36. The van der Waals surface area contributed by atoms with E-state index in [9.17, 15) is 4.39 Å². The number of allylic oxidation sites excluding steroid dienone is 2. The largest absolute Gasteiger partial charge is 0.246 e. The van der Waals surface area contributed by atoms with E-state index in [0.717, 1.165) is 24.3 Å². The molecular formula is C13H19ClFN3. The van der Waals surface area contributed by atoms with E-state index in [-0.39, 0.29) is 6.17 Å². The Bertz CT molecular complexity index is 446. The van der Waals surface area contributed by atoms with E-state index in [0.29, 0.717) is 10.7 Å². The van der Waals surface area contributed by atoms with E-state index >= 15 is 0 Å². The number of fused-ring (bicyclic) bond motifs is 1. The average molecular weight is 272 g/mol. The Hall–Kier alpha value is -0.870. The van der Waals surface area contributed by atoms with E-state index in [1.165, 1.54) is 13.8 Å². The second kappa shape index (κ2) is 4.67. The molecule has 0 radical (unpaired) electrons. The Balaban J connectivity index is 2.47. The molecule has 0 bridgehead atoms. The van der Waals surface area contributed by atoms with Crippen molar-refractivity contribution in [3.8, 4) is 0 Å². The number of halogens is 2. The predicted molar refractivity (Wildman–Crippen MR) is 72.9 cm³/mol. The first-order valence-electron chi connectivity index (χ1n) is 6.32. The molecule has 1 unspecified atom stereocenters. The number of alkyl halides is 1. The summed E-state index contributed by atoms with van der Waals surface area (Å²) in [5.74, 6) is 0.822. The zero-order valence-corrected chi connectivity index (χ0v) is 12.0. The highest BCUT2D eigenvalue weighted by atomic mass is 35.5. The number of rotatable bonds is 3. The van der Waals surface area contributed by atoms with E-state index in [2.05, 4.69) is 10.4 Å². The van der Waals surface area contributed by atoms with Gasteiger partial charge in [0.2, 0.25) is 0 Å². The molecule has 3 nitrogen and oxygen atoms in total. The van der Waals surface area contributed by atoms with Crippen LogP contribution >= 0.6 is 11.6 Å². The van der Waals surface area contributed by atoms with Gasteiger partial charge in [0.1, 0.15) is 22.8 Å². The van der Waals surface area contributed by atoms with Gasteiger partial charge in [0.25, 0.3) is 0 Å². The Labute approximate surface area is 112 Å². The molecule has 2 rings (SSSR count). The normalized spacial score (nSPS) is 24.1. The van der Waals surface area contributed by atoms with Crippen LogP contribution in [-0.2, 0) is 0 Å². The van der Waals surface area contributed by atoms with Gasteiger partial charge in [0, 0.05) is 5.57 Å². The van der Waals surface area contributed by atoms with E-state index in [1.54, 1.807) is 5.01 Å². The molecule has 100 valence electrons. The molecule has 0 fully saturated rings. The van der Waals surface area contributed by atoms with Gasteiger partial charge in [-0.3, -0.25) is 0 Å². The third-order valence-corrected chi connectivity index (χ3v) is 3.57. The molecule has 0 aromatic rings. The minimum absolute atomic E-state index is 0.0192. The fraction of sp³-hybridized carbons (Fsp3) is 0.615. The molecule has 18 heavy (non-hydrogen) atoms. The number of nitrogens with one attached hydrogen (secondary N) is 1. The first-order valence-corrected chi connectivity index (χ1v) is 6.70. The number of hydrogen-bond donors (Lipinski definition) is 1. The molecule has 2 heterocycles. The summed E-state index contributed by atoms with van der Waals surface area (Å²) in [4.78, 5) is 4.57. The van der Waals surface area contributed by atoms with Crippen LogP contribution in [0.3, 0.4) is 0 Å². The third-order valence-electron chi connectivity index (χ3n) is 3.20. The van der Waals surface area contributed by atoms with E-state index in [1.807, 2.05) is 19.9 Å². The maximum atomic E-state index is 14.2. The monoisotopic (exact) mass is 271 g/mol. The minimum atomic E-state index is -1.46. The lowest BCUT2D eigenvalue weighted by molar-refractivity contribution is 0.263. The van der Waals surface area contributed by atoms with Gasteiger partial charge < -0.3 is 0 Å². The van der Waals surface area contributed by atoms with Crippen molar-refractivity contribution in [2.24, 2.45) is 4.99 Å². The minimum Gasteiger partial charge on any atom is -0.246 e. The maximum Gasteiger partial charge on any atom is 0.148 e. The molecule has 0 spiro atoms. The van der Waals surface area contributed by atoms with Gasteiger partial charge in [-0.1, -0.05) is 25.4 Å². The summed E-state index contributed by atoms with van der Waals surface area (Å²) in [6.07, 6.45) is 3.52. The van der Waals surface area contributed by atoms with Gasteiger partial charge in [0.15, 0.2) is 0 Å². The number of hydrazine groups is 1. The molecule has 2 aliphatic rings. The molecule has 0 saturated carbocycles. The predicted octanol–water partition coefficient (Wildman–Crippen LogP) is 3.49. The van der Waals surface area contributed by atoms with Crippen molar-refractivity contribution in [2.45, 2.75) is 52.4 Å². The average Bonchev–Trinajstić information content (AvgIpc) is 2.72. The molecule has 0 amide bonds. The van der Waals surface area contributed by atoms with E-state index in [4.69, 9.17) is 11.6 Å². The van der Waals surface area contributed by atoms with Crippen molar-refractivity contribution in [3.63, 3.8) is 0 Å². The van der Waals surface area contributed by atoms with Crippen LogP contribution in [0.5, 0.6) is 0 Å². The quantitative estimate of drug-likeness (QED) is 0.796. The number of nitrogens with zero attached hydrogens (tertiary/aromatic N) is 2. The highest BCUT2D eigenvalue weighted by Gasteiger charge is 2.36. The van der Waals surface area contributed by atoms with Gasteiger partial charge in [0.05, 0.1) is 0 Å². The Morgan fingerprint density at radius 3 is 2.67 bits per heavy atom. The van der Waals surface area contributed by atoms with Gasteiger partial charge in [-0.05, 0) is 38.3 Å². The first-order chi connectivity index (χ1) is 8.38. The zero-order chi connectivity index (χ0) is 13.5. The van der Waals surface area contributed by atoms with Gasteiger partial charge in [-0.15, -0.1) is 0 Å². The molecule has 5 heteroatoms. The lowest BCUT2D eigenvalue weighted by atomic mass is 9.95. The lowest BCUT2D eigenvalue weighted by Crippen LogP contribution is -2.42. The van der Waals surface area contributed by atoms with Crippen molar-refractivity contribution in [1.82, 2.24) is 10.4 Å². The molecule has 1 N–H and O–H groups in total. The molecule has 0 aliphatic carbocycles. The van der Waals surface area contributed by atoms with Crippen molar-refractivity contribution >= 4 is 17.4 Å². The second-order valence-electron chi connectivity index (χ2n) is 5.04.